The number of hydrogen-bond donors (Lipinski definition) is 3. The number of nitrogens with two attached hydrogens (primary N) is 1. The molecule has 0 aromatic carbocycles. The summed E-state index contributed by atoms with van der Waals surface area (Å²) in [7, 11) is -3.19. The van der Waals surface area contributed by atoms with Crippen molar-refractivity contribution in [2.75, 3.05) is 18.8 Å². The molecule has 1 fully saturated rings. The Labute approximate surface area is 115 Å². The smallest absolute Gasteiger partial charge is 0.225 e. The molecule has 1 saturated carbocycles. The molecule has 0 bridgehead atoms. The summed E-state index contributed by atoms with van der Waals surface area (Å²) in [5.41, 5.74) is 5.69. The van der Waals surface area contributed by atoms with Crippen molar-refractivity contribution in [1.82, 2.24) is 10.0 Å². The first-order valence-corrected chi connectivity index (χ1v) is 8.47. The van der Waals surface area contributed by atoms with Gasteiger partial charge in [0.15, 0.2) is 0 Å². The molecule has 1 rings (SSSR count). The maximum Gasteiger partial charge on any atom is 0.225 e. The molecule has 0 radical (unpaired) electrons. The topological polar surface area (TPSA) is 101 Å². The molecule has 0 heterocycles. The van der Waals surface area contributed by atoms with Gasteiger partial charge in [0.1, 0.15) is 0 Å². The van der Waals surface area contributed by atoms with E-state index in [1.807, 2.05) is 6.92 Å². The molecular weight excluding hydrogens is 266 g/mol. The zero-order chi connectivity index (χ0) is 14.5. The molecule has 0 saturated heterocycles. The van der Waals surface area contributed by atoms with Gasteiger partial charge in [-0.3, -0.25) is 4.79 Å². The number of carbonyl (C=O) groups is 1. The Bertz CT molecular complexity index is 406. The van der Waals surface area contributed by atoms with Crippen LogP contribution >= 0.6 is 0 Å². The maximum atomic E-state index is 12.0. The summed E-state index contributed by atoms with van der Waals surface area (Å²) >= 11 is 0. The maximum absolute atomic E-state index is 12.0. The van der Waals surface area contributed by atoms with Gasteiger partial charge in [0.25, 0.3) is 0 Å². The Morgan fingerprint density at radius 2 is 2.05 bits per heavy atom. The summed E-state index contributed by atoms with van der Waals surface area (Å²) < 4.78 is 24.8. The van der Waals surface area contributed by atoms with Gasteiger partial charge in [-0.2, -0.15) is 0 Å². The Morgan fingerprint density at radius 3 is 2.63 bits per heavy atom. The van der Waals surface area contributed by atoms with Gasteiger partial charge in [-0.1, -0.05) is 12.8 Å². The van der Waals surface area contributed by atoms with E-state index in [0.29, 0.717) is 6.54 Å². The highest BCUT2D eigenvalue weighted by Gasteiger charge is 2.37. The zero-order valence-electron chi connectivity index (χ0n) is 11.7. The number of sulfonamides is 1. The van der Waals surface area contributed by atoms with Gasteiger partial charge in [0.2, 0.25) is 15.9 Å². The fourth-order valence-corrected chi connectivity index (χ4v) is 3.02. The van der Waals surface area contributed by atoms with Gasteiger partial charge in [-0.05, 0) is 26.7 Å². The largest absolute Gasteiger partial charge is 0.354 e. The zero-order valence-corrected chi connectivity index (χ0v) is 12.6. The van der Waals surface area contributed by atoms with Crippen LogP contribution in [0.25, 0.3) is 0 Å². The van der Waals surface area contributed by atoms with Crippen LogP contribution in [0.3, 0.4) is 0 Å². The van der Waals surface area contributed by atoms with Crippen LogP contribution in [0.15, 0.2) is 0 Å². The average molecular weight is 291 g/mol. The van der Waals surface area contributed by atoms with E-state index in [9.17, 15) is 13.2 Å². The van der Waals surface area contributed by atoms with Crippen LogP contribution in [0.5, 0.6) is 0 Å². The van der Waals surface area contributed by atoms with Crippen molar-refractivity contribution in [2.24, 2.45) is 11.7 Å². The molecule has 4 N–H and O–H groups in total. The van der Waals surface area contributed by atoms with Crippen molar-refractivity contribution in [3.63, 3.8) is 0 Å². The first-order chi connectivity index (χ1) is 8.78. The molecule has 7 heteroatoms. The molecule has 6 nitrogen and oxygen atoms in total. The second-order valence-electron chi connectivity index (χ2n) is 5.39. The van der Waals surface area contributed by atoms with E-state index in [0.717, 1.165) is 25.7 Å². The first-order valence-electron chi connectivity index (χ1n) is 6.82. The van der Waals surface area contributed by atoms with Crippen molar-refractivity contribution in [3.8, 4) is 0 Å². The minimum absolute atomic E-state index is 0.0461. The van der Waals surface area contributed by atoms with E-state index in [1.54, 1.807) is 6.92 Å². The van der Waals surface area contributed by atoms with E-state index in [2.05, 4.69) is 10.0 Å². The molecule has 1 aliphatic rings. The van der Waals surface area contributed by atoms with Gasteiger partial charge in [0, 0.05) is 18.6 Å². The van der Waals surface area contributed by atoms with Crippen molar-refractivity contribution in [3.05, 3.63) is 0 Å². The third-order valence-electron chi connectivity index (χ3n) is 3.70. The monoisotopic (exact) mass is 291 g/mol. The van der Waals surface area contributed by atoms with Crippen LogP contribution in [0.4, 0.5) is 0 Å². The Hall–Kier alpha value is -0.660. The van der Waals surface area contributed by atoms with Crippen LogP contribution in [0.1, 0.15) is 39.5 Å². The molecule has 1 amide bonds. The number of nitrogens with one attached hydrogen (secondary N) is 2. The molecule has 0 aromatic heterocycles. The van der Waals surface area contributed by atoms with Gasteiger partial charge in [-0.25, -0.2) is 13.1 Å². The number of carbonyl (C=O) groups excluding carboxylic acids is 1. The molecular formula is C12H25N3O3S. The second-order valence-corrected chi connectivity index (χ2v) is 7.49. The van der Waals surface area contributed by atoms with E-state index in [4.69, 9.17) is 5.73 Å². The molecule has 19 heavy (non-hydrogen) atoms. The molecule has 2 unspecified atom stereocenters. The normalized spacial score (nSPS) is 28.1. The number of hydrogen-bond acceptors (Lipinski definition) is 4. The van der Waals surface area contributed by atoms with E-state index in [1.165, 1.54) is 0 Å². The Balaban J connectivity index is 2.35. The van der Waals surface area contributed by atoms with Gasteiger partial charge in [0.05, 0.1) is 11.7 Å². The SMILES string of the molecule is CCS(=O)(=O)NCCNC(=O)C1CCCCC1(C)N. The number of amides is 1. The highest BCUT2D eigenvalue weighted by atomic mass is 32.2. The third kappa shape index (κ3) is 5.08. The molecule has 0 aromatic rings. The summed E-state index contributed by atoms with van der Waals surface area (Å²) in [5.74, 6) is -0.200. The summed E-state index contributed by atoms with van der Waals surface area (Å²) in [5, 5.41) is 2.76. The summed E-state index contributed by atoms with van der Waals surface area (Å²) in [6, 6.07) is 0. The van der Waals surface area contributed by atoms with Crippen LogP contribution in [-0.2, 0) is 14.8 Å². The fourth-order valence-electron chi connectivity index (χ4n) is 2.41. The quantitative estimate of drug-likeness (QED) is 0.597. The van der Waals surface area contributed by atoms with E-state index in [-0.39, 0.29) is 24.1 Å². The van der Waals surface area contributed by atoms with Crippen molar-refractivity contribution >= 4 is 15.9 Å². The van der Waals surface area contributed by atoms with Gasteiger partial charge >= 0.3 is 0 Å². The van der Waals surface area contributed by atoms with Crippen molar-refractivity contribution < 1.29 is 13.2 Å². The van der Waals surface area contributed by atoms with Crippen LogP contribution in [0, 0.1) is 5.92 Å². The lowest BCUT2D eigenvalue weighted by Gasteiger charge is -2.37. The van der Waals surface area contributed by atoms with Crippen LogP contribution < -0.4 is 15.8 Å². The lowest BCUT2D eigenvalue weighted by atomic mass is 9.74. The van der Waals surface area contributed by atoms with Crippen molar-refractivity contribution in [2.45, 2.75) is 45.1 Å². The molecule has 2 atom stereocenters. The molecule has 0 spiro atoms. The minimum Gasteiger partial charge on any atom is -0.354 e. The van der Waals surface area contributed by atoms with Crippen LogP contribution in [-0.4, -0.2) is 38.7 Å². The third-order valence-corrected chi connectivity index (χ3v) is 5.10. The summed E-state index contributed by atoms with van der Waals surface area (Å²) in [6.07, 6.45) is 3.74. The summed E-state index contributed by atoms with van der Waals surface area (Å²) in [4.78, 5) is 12.0. The highest BCUT2D eigenvalue weighted by Crippen LogP contribution is 2.31. The van der Waals surface area contributed by atoms with Crippen molar-refractivity contribution in [1.29, 1.82) is 0 Å². The van der Waals surface area contributed by atoms with E-state index >= 15 is 0 Å². The van der Waals surface area contributed by atoms with E-state index < -0.39 is 15.6 Å². The second kappa shape index (κ2) is 6.67. The Kier molecular flexibility index (Phi) is 5.76. The van der Waals surface area contributed by atoms with Gasteiger partial charge < -0.3 is 11.1 Å². The Morgan fingerprint density at radius 1 is 1.37 bits per heavy atom. The average Bonchev–Trinajstić information content (AvgIpc) is 2.34. The standard InChI is InChI=1S/C12H25N3O3S/c1-3-19(17,18)15-9-8-14-11(16)10-6-4-5-7-12(10,2)13/h10,15H,3-9,13H2,1-2H3,(H,14,16). The summed E-state index contributed by atoms with van der Waals surface area (Å²) in [6.45, 7) is 4.00. The predicted molar refractivity (Wildman–Crippen MR) is 75.0 cm³/mol. The molecule has 112 valence electrons. The molecule has 1 aliphatic carbocycles. The lowest BCUT2D eigenvalue weighted by molar-refractivity contribution is -0.128. The first kappa shape index (κ1) is 16.4. The lowest BCUT2D eigenvalue weighted by Crippen LogP contribution is -2.53. The minimum atomic E-state index is -3.19. The molecule has 0 aliphatic heterocycles. The predicted octanol–water partition coefficient (Wildman–Crippen LogP) is -0.0505. The van der Waals surface area contributed by atoms with Gasteiger partial charge in [-0.15, -0.1) is 0 Å². The van der Waals surface area contributed by atoms with Crippen LogP contribution in [0.2, 0.25) is 0 Å². The highest BCUT2D eigenvalue weighted by molar-refractivity contribution is 7.89. The number of rotatable bonds is 6. The fraction of sp³-hybridized carbons (Fsp3) is 0.917.